The zero-order chi connectivity index (χ0) is 33.2. The number of halogens is 3. The summed E-state index contributed by atoms with van der Waals surface area (Å²) in [5.74, 6) is -4.20. The van der Waals surface area contributed by atoms with Crippen LogP contribution in [0.3, 0.4) is 0 Å². The number of nitrogens with zero attached hydrogens (tertiary/aromatic N) is 5. The number of piperazine rings is 1. The summed E-state index contributed by atoms with van der Waals surface area (Å²) in [5, 5.41) is 2.69. The summed E-state index contributed by atoms with van der Waals surface area (Å²) in [5.41, 5.74) is 4.35. The molecule has 0 unspecified atom stereocenters. The van der Waals surface area contributed by atoms with E-state index in [4.69, 9.17) is 4.98 Å². The first-order chi connectivity index (χ1) is 22.5. The van der Waals surface area contributed by atoms with Crippen molar-refractivity contribution in [2.24, 2.45) is 0 Å². The van der Waals surface area contributed by atoms with Gasteiger partial charge in [-0.3, -0.25) is 14.7 Å². The summed E-state index contributed by atoms with van der Waals surface area (Å²) in [7, 11) is -4.49. The van der Waals surface area contributed by atoms with E-state index in [-0.39, 0.29) is 11.4 Å². The van der Waals surface area contributed by atoms with Gasteiger partial charge in [-0.15, -0.1) is 0 Å². The molecule has 0 aliphatic carbocycles. The second kappa shape index (κ2) is 13.4. The number of benzene rings is 2. The van der Waals surface area contributed by atoms with Crippen molar-refractivity contribution in [3.8, 4) is 11.3 Å². The lowest BCUT2D eigenvalue weighted by Crippen LogP contribution is -2.46. The molecule has 13 heteroatoms. The maximum atomic E-state index is 14.6. The third kappa shape index (κ3) is 7.64. The number of aromatic nitrogens is 2. The molecule has 2 aromatic carbocycles. The van der Waals surface area contributed by atoms with Gasteiger partial charge in [0.15, 0.2) is 0 Å². The van der Waals surface area contributed by atoms with Crippen molar-refractivity contribution < 1.29 is 26.4 Å². The van der Waals surface area contributed by atoms with Crippen LogP contribution in [-0.2, 0) is 27.9 Å². The molecule has 1 atom stereocenters. The van der Waals surface area contributed by atoms with Crippen LogP contribution in [0, 0.1) is 12.7 Å². The Balaban J connectivity index is 1.20. The summed E-state index contributed by atoms with van der Waals surface area (Å²) in [6.07, 6.45) is 0.824. The second-order valence-corrected chi connectivity index (χ2v) is 13.9. The molecule has 2 aliphatic rings. The zero-order valence-corrected chi connectivity index (χ0v) is 26.6. The van der Waals surface area contributed by atoms with E-state index in [1.165, 1.54) is 0 Å². The van der Waals surface area contributed by atoms with Gasteiger partial charge in [-0.25, -0.2) is 26.6 Å². The first-order valence-electron chi connectivity index (χ1n) is 15.4. The minimum atomic E-state index is -4.49. The van der Waals surface area contributed by atoms with E-state index in [1.54, 1.807) is 6.20 Å². The number of alkyl halides is 2. The lowest BCUT2D eigenvalue weighted by molar-refractivity contribution is -0.124. The molecule has 0 bridgehead atoms. The van der Waals surface area contributed by atoms with Crippen LogP contribution >= 0.6 is 0 Å². The van der Waals surface area contributed by atoms with Crippen LogP contribution in [0.4, 0.5) is 19.0 Å². The van der Waals surface area contributed by atoms with Gasteiger partial charge in [0, 0.05) is 57.4 Å². The molecular weight excluding hydrogens is 629 g/mol. The molecule has 1 N–H and O–H groups in total. The Bertz CT molecular complexity index is 1820. The predicted octanol–water partition coefficient (Wildman–Crippen LogP) is 4.63. The second-order valence-electron chi connectivity index (χ2n) is 12.0. The van der Waals surface area contributed by atoms with Crippen LogP contribution < -0.4 is 10.2 Å². The molecule has 2 saturated heterocycles. The van der Waals surface area contributed by atoms with Gasteiger partial charge >= 0.3 is 0 Å². The van der Waals surface area contributed by atoms with Crippen LogP contribution in [0.25, 0.3) is 11.3 Å². The first kappa shape index (κ1) is 32.6. The molecule has 6 rings (SSSR count). The summed E-state index contributed by atoms with van der Waals surface area (Å²) >= 11 is 0. The third-order valence-corrected chi connectivity index (χ3v) is 10.3. The standard InChI is InChI=1S/C34H35F3N6O3S/c1-24-5-7-26(8-6-24)30-18-25(19-32(40-30)42-16-14-41(15-17-42)22-28-4-2-3-13-38-28)21-39-33(44)31-20-34(36,37)23-43(31)47(45,46)29-11-9-27(35)10-12-29/h2-13,18-19,31H,14-17,20-23H2,1H3,(H,39,44)/t31-/m0/s1. The molecule has 2 aliphatic heterocycles. The van der Waals surface area contributed by atoms with Crippen LogP contribution in [0.5, 0.6) is 0 Å². The number of carbonyl (C=O) groups is 1. The number of amides is 1. The Morgan fingerprint density at radius 1 is 0.979 bits per heavy atom. The summed E-state index contributed by atoms with van der Waals surface area (Å²) in [6.45, 7) is 4.60. The van der Waals surface area contributed by atoms with Crippen LogP contribution in [-0.4, -0.2) is 78.2 Å². The highest BCUT2D eigenvalue weighted by atomic mass is 32.2. The molecular formula is C34H35F3N6O3S. The first-order valence-corrected chi connectivity index (χ1v) is 16.8. The van der Waals surface area contributed by atoms with Crippen molar-refractivity contribution in [2.45, 2.75) is 43.3 Å². The van der Waals surface area contributed by atoms with E-state index in [9.17, 15) is 26.4 Å². The molecule has 4 aromatic rings. The minimum Gasteiger partial charge on any atom is -0.354 e. The monoisotopic (exact) mass is 664 g/mol. The summed E-state index contributed by atoms with van der Waals surface area (Å²) in [6, 6.07) is 19.7. The van der Waals surface area contributed by atoms with Crippen molar-refractivity contribution in [2.75, 3.05) is 37.6 Å². The number of rotatable bonds is 9. The van der Waals surface area contributed by atoms with Gasteiger partial charge in [0.2, 0.25) is 15.9 Å². The predicted molar refractivity (Wildman–Crippen MR) is 172 cm³/mol. The van der Waals surface area contributed by atoms with Crippen molar-refractivity contribution >= 4 is 21.7 Å². The SMILES string of the molecule is Cc1ccc(-c2cc(CNC(=O)[C@@H]3CC(F)(F)CN3S(=O)(=O)c3ccc(F)cc3)cc(N3CCN(Cc4ccccn4)CC3)n2)cc1. The van der Waals surface area contributed by atoms with Gasteiger partial charge in [0.05, 0.1) is 22.8 Å². The molecule has 0 spiro atoms. The van der Waals surface area contributed by atoms with Gasteiger partial charge in [0.25, 0.3) is 5.92 Å². The van der Waals surface area contributed by atoms with E-state index in [2.05, 4.69) is 20.1 Å². The Labute approximate surface area is 272 Å². The Morgan fingerprint density at radius 2 is 1.70 bits per heavy atom. The summed E-state index contributed by atoms with van der Waals surface area (Å²) < 4.78 is 69.6. The zero-order valence-electron chi connectivity index (χ0n) is 25.8. The molecule has 47 heavy (non-hydrogen) atoms. The van der Waals surface area contributed by atoms with Crippen LogP contribution in [0.15, 0.2) is 90.0 Å². The molecule has 1 amide bonds. The number of pyridine rings is 2. The topological polar surface area (TPSA) is 98.7 Å². The largest absolute Gasteiger partial charge is 0.354 e. The molecule has 246 valence electrons. The minimum absolute atomic E-state index is 0.0284. The summed E-state index contributed by atoms with van der Waals surface area (Å²) in [4.78, 5) is 26.9. The smallest absolute Gasteiger partial charge is 0.263 e. The number of sulfonamides is 1. The maximum Gasteiger partial charge on any atom is 0.263 e. The van der Waals surface area contributed by atoms with Gasteiger partial charge in [-0.2, -0.15) is 4.31 Å². The van der Waals surface area contributed by atoms with Gasteiger partial charge in [-0.05, 0) is 61.0 Å². The number of nitrogens with one attached hydrogen (secondary N) is 1. The molecule has 2 aromatic heterocycles. The van der Waals surface area contributed by atoms with Gasteiger partial charge in [-0.1, -0.05) is 35.9 Å². The lowest BCUT2D eigenvalue weighted by Gasteiger charge is -2.35. The number of anilines is 1. The molecule has 4 heterocycles. The fourth-order valence-electron chi connectivity index (χ4n) is 5.88. The van der Waals surface area contributed by atoms with E-state index in [0.717, 1.165) is 79.6 Å². The Kier molecular flexibility index (Phi) is 9.31. The maximum absolute atomic E-state index is 14.6. The van der Waals surface area contributed by atoms with E-state index >= 15 is 0 Å². The molecule has 0 radical (unpaired) electrons. The molecule has 0 saturated carbocycles. The quantitative estimate of drug-likeness (QED) is 0.279. The van der Waals surface area contributed by atoms with E-state index in [1.807, 2.05) is 61.5 Å². The van der Waals surface area contributed by atoms with Gasteiger partial charge < -0.3 is 10.2 Å². The fraction of sp³-hybridized carbons (Fsp3) is 0.324. The lowest BCUT2D eigenvalue weighted by atomic mass is 10.1. The van der Waals surface area contributed by atoms with E-state index < -0.39 is 46.7 Å². The third-order valence-electron chi connectivity index (χ3n) is 8.44. The van der Waals surface area contributed by atoms with E-state index in [0.29, 0.717) is 15.6 Å². The van der Waals surface area contributed by atoms with Crippen LogP contribution in [0.1, 0.15) is 23.2 Å². The average molecular weight is 665 g/mol. The highest BCUT2D eigenvalue weighted by Crippen LogP contribution is 2.36. The number of carbonyl (C=O) groups excluding carboxylic acids is 1. The van der Waals surface area contributed by atoms with Gasteiger partial charge in [0.1, 0.15) is 17.7 Å². The average Bonchev–Trinajstić information content (AvgIpc) is 3.41. The highest BCUT2D eigenvalue weighted by molar-refractivity contribution is 7.89. The number of hydrogen-bond donors (Lipinski definition) is 1. The number of aryl methyl sites for hydroxylation is 1. The molecule has 2 fully saturated rings. The van der Waals surface area contributed by atoms with Crippen molar-refractivity contribution in [1.29, 1.82) is 0 Å². The normalized spacial score (nSPS) is 18.7. The van der Waals surface area contributed by atoms with Crippen LogP contribution in [0.2, 0.25) is 0 Å². The highest BCUT2D eigenvalue weighted by Gasteiger charge is 2.52. The van der Waals surface area contributed by atoms with Crippen molar-refractivity contribution in [3.05, 3.63) is 108 Å². The van der Waals surface area contributed by atoms with Crippen molar-refractivity contribution in [1.82, 2.24) is 24.5 Å². The Morgan fingerprint density at radius 3 is 2.38 bits per heavy atom. The van der Waals surface area contributed by atoms with Crippen molar-refractivity contribution in [3.63, 3.8) is 0 Å². The Hall–Kier alpha value is -4.33. The fourth-order valence-corrected chi connectivity index (χ4v) is 7.49. The molecule has 9 nitrogen and oxygen atoms in total. The number of hydrogen-bond acceptors (Lipinski definition) is 7.